The summed E-state index contributed by atoms with van der Waals surface area (Å²) in [6.07, 6.45) is 0.327. The van der Waals surface area contributed by atoms with Crippen molar-refractivity contribution < 1.29 is 8.78 Å². The quantitative estimate of drug-likeness (QED) is 0.781. The van der Waals surface area contributed by atoms with E-state index in [0.717, 1.165) is 12.1 Å². The Morgan fingerprint density at radius 2 is 2.07 bits per heavy atom. The molecule has 4 nitrogen and oxygen atoms in total. The van der Waals surface area contributed by atoms with Gasteiger partial charge in [-0.05, 0) is 17.7 Å². The molecule has 0 atom stereocenters. The van der Waals surface area contributed by atoms with Crippen LogP contribution in [0.4, 0.5) is 8.78 Å². The molecule has 2 rings (SSSR count). The molecule has 0 saturated carbocycles. The van der Waals surface area contributed by atoms with E-state index in [1.807, 2.05) is 0 Å². The highest BCUT2D eigenvalue weighted by Crippen LogP contribution is 2.10. The minimum Gasteiger partial charge on any atom is -0.204 e. The van der Waals surface area contributed by atoms with Crippen LogP contribution >= 0.6 is 0 Å². The van der Waals surface area contributed by atoms with Crippen LogP contribution in [0.2, 0.25) is 0 Å². The van der Waals surface area contributed by atoms with E-state index in [1.165, 1.54) is 6.07 Å². The molecule has 0 fully saturated rings. The summed E-state index contributed by atoms with van der Waals surface area (Å²) in [6, 6.07) is 3.67. The van der Waals surface area contributed by atoms with Crippen LogP contribution in [0.15, 0.2) is 18.2 Å². The third-order valence-electron chi connectivity index (χ3n) is 1.74. The molecule has 6 heteroatoms. The van der Waals surface area contributed by atoms with Crippen molar-refractivity contribution in [2.45, 2.75) is 6.42 Å². The molecule has 72 valence electrons. The Morgan fingerprint density at radius 3 is 2.71 bits per heavy atom. The zero-order chi connectivity index (χ0) is 9.97. The minimum absolute atomic E-state index is 0.327. The van der Waals surface area contributed by atoms with E-state index in [9.17, 15) is 8.78 Å². The summed E-state index contributed by atoms with van der Waals surface area (Å²) in [5.41, 5.74) is 0.602. The molecule has 0 spiro atoms. The van der Waals surface area contributed by atoms with Gasteiger partial charge in [0.25, 0.3) is 0 Å². The smallest absolute Gasteiger partial charge is 0.178 e. The Hall–Kier alpha value is -1.85. The van der Waals surface area contributed by atoms with Gasteiger partial charge in [0.05, 0.1) is 0 Å². The van der Waals surface area contributed by atoms with E-state index in [2.05, 4.69) is 20.6 Å². The van der Waals surface area contributed by atoms with Gasteiger partial charge in [-0.3, -0.25) is 0 Å². The van der Waals surface area contributed by atoms with Crippen molar-refractivity contribution in [3.05, 3.63) is 41.2 Å². The first kappa shape index (κ1) is 8.74. The lowest BCUT2D eigenvalue weighted by Gasteiger charge is -1.97. The third kappa shape index (κ3) is 1.73. The Balaban J connectivity index is 2.22. The van der Waals surface area contributed by atoms with Gasteiger partial charge in [0.15, 0.2) is 17.5 Å². The van der Waals surface area contributed by atoms with Gasteiger partial charge in [0, 0.05) is 6.42 Å². The molecule has 0 aliphatic heterocycles. The van der Waals surface area contributed by atoms with Gasteiger partial charge in [0.2, 0.25) is 0 Å². The molecular formula is C8H6F2N4. The van der Waals surface area contributed by atoms with E-state index < -0.39 is 11.6 Å². The molecule has 0 radical (unpaired) electrons. The number of tetrazole rings is 1. The van der Waals surface area contributed by atoms with E-state index >= 15 is 0 Å². The van der Waals surface area contributed by atoms with Crippen molar-refractivity contribution >= 4 is 0 Å². The number of rotatable bonds is 2. The second kappa shape index (κ2) is 3.49. The number of hydrogen-bond donors (Lipinski definition) is 1. The van der Waals surface area contributed by atoms with Crippen molar-refractivity contribution in [3.63, 3.8) is 0 Å². The molecule has 1 aromatic carbocycles. The Bertz CT molecular complexity index is 427. The molecule has 14 heavy (non-hydrogen) atoms. The standard InChI is InChI=1S/C8H6F2N4/c9-6-2-1-5(3-7(6)10)4-8-11-13-14-12-8/h1-3H,4H2,(H,11,12,13,14). The van der Waals surface area contributed by atoms with Crippen molar-refractivity contribution in [3.8, 4) is 0 Å². The average molecular weight is 196 g/mol. The first-order valence-corrected chi connectivity index (χ1v) is 3.92. The molecule has 2 aromatic rings. The number of benzene rings is 1. The van der Waals surface area contributed by atoms with Gasteiger partial charge < -0.3 is 0 Å². The molecule has 0 aliphatic carbocycles. The van der Waals surface area contributed by atoms with Crippen LogP contribution in [0, 0.1) is 11.6 Å². The number of nitrogens with one attached hydrogen (secondary N) is 1. The number of halogens is 2. The summed E-state index contributed by atoms with van der Waals surface area (Å²) in [5.74, 6) is -1.29. The predicted octanol–water partition coefficient (Wildman–Crippen LogP) is 1.07. The summed E-state index contributed by atoms with van der Waals surface area (Å²) in [6.45, 7) is 0. The van der Waals surface area contributed by atoms with Crippen molar-refractivity contribution in [1.29, 1.82) is 0 Å². The fourth-order valence-corrected chi connectivity index (χ4v) is 1.09. The lowest BCUT2D eigenvalue weighted by molar-refractivity contribution is 0.507. The van der Waals surface area contributed by atoms with Crippen LogP contribution < -0.4 is 0 Å². The Kier molecular flexibility index (Phi) is 2.18. The van der Waals surface area contributed by atoms with Crippen LogP contribution in [0.5, 0.6) is 0 Å². The average Bonchev–Trinajstić information content (AvgIpc) is 2.64. The highest BCUT2D eigenvalue weighted by atomic mass is 19.2. The van der Waals surface area contributed by atoms with Crippen LogP contribution in [0.1, 0.15) is 11.4 Å². The van der Waals surface area contributed by atoms with Crippen LogP contribution in [-0.2, 0) is 6.42 Å². The minimum atomic E-state index is -0.869. The Morgan fingerprint density at radius 1 is 1.21 bits per heavy atom. The van der Waals surface area contributed by atoms with Crippen molar-refractivity contribution in [2.75, 3.05) is 0 Å². The number of aromatic nitrogens is 4. The highest BCUT2D eigenvalue weighted by molar-refractivity contribution is 5.20. The van der Waals surface area contributed by atoms with Crippen LogP contribution in [0.25, 0.3) is 0 Å². The van der Waals surface area contributed by atoms with Crippen LogP contribution in [0.3, 0.4) is 0 Å². The van der Waals surface area contributed by atoms with E-state index in [1.54, 1.807) is 0 Å². The first-order chi connectivity index (χ1) is 6.75. The number of hydrogen-bond acceptors (Lipinski definition) is 3. The number of H-pyrrole nitrogens is 1. The molecule has 1 aromatic heterocycles. The summed E-state index contributed by atoms with van der Waals surface area (Å²) in [4.78, 5) is 0. The second-order valence-corrected chi connectivity index (χ2v) is 2.75. The largest absolute Gasteiger partial charge is 0.204 e. The maximum absolute atomic E-state index is 12.8. The van der Waals surface area contributed by atoms with Gasteiger partial charge >= 0.3 is 0 Å². The van der Waals surface area contributed by atoms with Crippen molar-refractivity contribution in [1.82, 2.24) is 20.6 Å². The van der Waals surface area contributed by atoms with E-state index in [4.69, 9.17) is 0 Å². The molecule has 0 amide bonds. The fourth-order valence-electron chi connectivity index (χ4n) is 1.09. The van der Waals surface area contributed by atoms with Crippen molar-refractivity contribution in [2.24, 2.45) is 0 Å². The molecular weight excluding hydrogens is 190 g/mol. The molecule has 0 bridgehead atoms. The summed E-state index contributed by atoms with van der Waals surface area (Å²) in [5, 5.41) is 13.0. The lowest BCUT2D eigenvalue weighted by atomic mass is 10.1. The van der Waals surface area contributed by atoms with Gasteiger partial charge in [0.1, 0.15) is 0 Å². The first-order valence-electron chi connectivity index (χ1n) is 3.92. The molecule has 1 N–H and O–H groups in total. The van der Waals surface area contributed by atoms with Gasteiger partial charge in [-0.25, -0.2) is 8.78 Å². The summed E-state index contributed by atoms with van der Waals surface area (Å²) >= 11 is 0. The number of aromatic amines is 1. The zero-order valence-corrected chi connectivity index (χ0v) is 7.04. The fraction of sp³-hybridized carbons (Fsp3) is 0.125. The summed E-state index contributed by atoms with van der Waals surface area (Å²) in [7, 11) is 0. The SMILES string of the molecule is Fc1ccc(Cc2nn[nH]n2)cc1F. The predicted molar refractivity (Wildman–Crippen MR) is 43.3 cm³/mol. The third-order valence-corrected chi connectivity index (χ3v) is 1.74. The number of nitrogens with zero attached hydrogens (tertiary/aromatic N) is 3. The van der Waals surface area contributed by atoms with E-state index in [0.29, 0.717) is 17.8 Å². The zero-order valence-electron chi connectivity index (χ0n) is 7.04. The highest BCUT2D eigenvalue weighted by Gasteiger charge is 2.05. The topological polar surface area (TPSA) is 54.5 Å². The molecule has 0 unspecified atom stereocenters. The Labute approximate surface area is 78.0 Å². The molecule has 0 saturated heterocycles. The van der Waals surface area contributed by atoms with Gasteiger partial charge in [-0.2, -0.15) is 5.21 Å². The van der Waals surface area contributed by atoms with E-state index in [-0.39, 0.29) is 0 Å². The second-order valence-electron chi connectivity index (χ2n) is 2.75. The lowest BCUT2D eigenvalue weighted by Crippen LogP contribution is -1.93. The van der Waals surface area contributed by atoms with Gasteiger partial charge in [-0.1, -0.05) is 11.3 Å². The summed E-state index contributed by atoms with van der Waals surface area (Å²) < 4.78 is 25.3. The maximum atomic E-state index is 12.8. The maximum Gasteiger partial charge on any atom is 0.178 e. The monoisotopic (exact) mass is 196 g/mol. The van der Waals surface area contributed by atoms with Crippen LogP contribution in [-0.4, -0.2) is 20.6 Å². The molecule has 1 heterocycles. The molecule has 0 aliphatic rings. The normalized spacial score (nSPS) is 10.4. The van der Waals surface area contributed by atoms with Gasteiger partial charge in [-0.15, -0.1) is 10.2 Å².